The van der Waals surface area contributed by atoms with Crippen LogP contribution in [0.1, 0.15) is 0 Å². The number of nitrogens with zero attached hydrogens (tertiary/aromatic N) is 2. The van der Waals surface area contributed by atoms with Gasteiger partial charge in [0.1, 0.15) is 0 Å². The summed E-state index contributed by atoms with van der Waals surface area (Å²) in [6.45, 7) is 0. The predicted molar refractivity (Wildman–Crippen MR) is 214 cm³/mol. The van der Waals surface area contributed by atoms with E-state index in [9.17, 15) is 0 Å². The first-order chi connectivity index (χ1) is 24.8. The average Bonchev–Trinajstić information content (AvgIpc) is 3.19. The van der Waals surface area contributed by atoms with E-state index < -0.39 is 0 Å². The summed E-state index contributed by atoms with van der Waals surface area (Å²) in [6, 6.07) is 74.1. The minimum atomic E-state index is 1.12. The van der Waals surface area contributed by atoms with Crippen molar-refractivity contribution in [3.63, 3.8) is 0 Å². The summed E-state index contributed by atoms with van der Waals surface area (Å²) < 4.78 is 0. The van der Waals surface area contributed by atoms with Crippen LogP contribution in [0.4, 0.5) is 34.1 Å². The standard InChI is InChI=1S/C48H34N2/c1-2-19-40(20-3-1)49(46-24-10-16-37-13-4-7-21-43(37)46)41-31-27-35(28-32-41)36-29-33-42(34-30-36)50(47-25-11-17-38-14-5-8-22-44(38)47)48-26-12-18-39-15-6-9-23-45(39)48/h1-34H. The van der Waals surface area contributed by atoms with E-state index in [0.29, 0.717) is 0 Å². The van der Waals surface area contributed by atoms with Gasteiger partial charge in [0, 0.05) is 33.2 Å². The van der Waals surface area contributed by atoms with Gasteiger partial charge in [0.15, 0.2) is 0 Å². The Morgan fingerprint density at radius 2 is 0.540 bits per heavy atom. The van der Waals surface area contributed by atoms with E-state index in [1.54, 1.807) is 0 Å². The van der Waals surface area contributed by atoms with E-state index in [2.05, 4.69) is 216 Å². The third-order valence-corrected chi connectivity index (χ3v) is 9.62. The molecule has 2 heteroatoms. The van der Waals surface area contributed by atoms with Crippen molar-refractivity contribution in [3.8, 4) is 11.1 Å². The summed E-state index contributed by atoms with van der Waals surface area (Å²) in [5, 5.41) is 7.33. The van der Waals surface area contributed by atoms with Gasteiger partial charge in [0.05, 0.1) is 17.1 Å². The molecule has 9 aromatic carbocycles. The smallest absolute Gasteiger partial charge is 0.0540 e. The van der Waals surface area contributed by atoms with Gasteiger partial charge in [-0.05, 0) is 81.9 Å². The molecule has 0 unspecified atom stereocenters. The van der Waals surface area contributed by atoms with E-state index in [1.807, 2.05) is 0 Å². The molecule has 0 spiro atoms. The Hall–Kier alpha value is -6.64. The van der Waals surface area contributed by atoms with Gasteiger partial charge in [-0.1, -0.05) is 152 Å². The summed E-state index contributed by atoms with van der Waals surface area (Å²) in [6.07, 6.45) is 0. The molecule has 0 heterocycles. The maximum atomic E-state index is 2.40. The Labute approximate surface area is 292 Å². The quantitative estimate of drug-likeness (QED) is 0.171. The molecule has 0 aromatic heterocycles. The second-order valence-electron chi connectivity index (χ2n) is 12.6. The number of para-hydroxylation sites is 1. The minimum Gasteiger partial charge on any atom is -0.310 e. The summed E-state index contributed by atoms with van der Waals surface area (Å²) in [7, 11) is 0. The van der Waals surface area contributed by atoms with Crippen molar-refractivity contribution in [2.75, 3.05) is 9.80 Å². The highest BCUT2D eigenvalue weighted by Crippen LogP contribution is 2.43. The lowest BCUT2D eigenvalue weighted by Crippen LogP contribution is -2.11. The molecule has 0 aliphatic carbocycles. The van der Waals surface area contributed by atoms with Gasteiger partial charge in [0.25, 0.3) is 0 Å². The van der Waals surface area contributed by atoms with E-state index >= 15 is 0 Å². The number of fused-ring (bicyclic) bond motifs is 3. The molecule has 9 aromatic rings. The molecule has 0 saturated heterocycles. The van der Waals surface area contributed by atoms with E-state index in [0.717, 1.165) is 34.1 Å². The number of benzene rings is 9. The van der Waals surface area contributed by atoms with Gasteiger partial charge < -0.3 is 9.80 Å². The molecule has 0 aliphatic heterocycles. The Bertz CT molecular complexity index is 2490. The first-order valence-electron chi connectivity index (χ1n) is 17.1. The van der Waals surface area contributed by atoms with Crippen molar-refractivity contribution < 1.29 is 0 Å². The van der Waals surface area contributed by atoms with Gasteiger partial charge in [-0.3, -0.25) is 0 Å². The first-order valence-corrected chi connectivity index (χ1v) is 17.1. The van der Waals surface area contributed by atoms with Crippen LogP contribution >= 0.6 is 0 Å². The van der Waals surface area contributed by atoms with Crippen LogP contribution in [0.15, 0.2) is 206 Å². The van der Waals surface area contributed by atoms with Gasteiger partial charge in [-0.2, -0.15) is 0 Å². The van der Waals surface area contributed by atoms with Gasteiger partial charge in [-0.25, -0.2) is 0 Å². The summed E-state index contributed by atoms with van der Waals surface area (Å²) >= 11 is 0. The third kappa shape index (κ3) is 5.34. The Kier molecular flexibility index (Phi) is 7.53. The zero-order valence-corrected chi connectivity index (χ0v) is 27.5. The second-order valence-corrected chi connectivity index (χ2v) is 12.6. The van der Waals surface area contributed by atoms with Crippen molar-refractivity contribution in [2.24, 2.45) is 0 Å². The fourth-order valence-electron chi connectivity index (χ4n) is 7.23. The van der Waals surface area contributed by atoms with Gasteiger partial charge in [-0.15, -0.1) is 0 Å². The van der Waals surface area contributed by atoms with Crippen LogP contribution in [0.3, 0.4) is 0 Å². The molecule has 0 fully saturated rings. The van der Waals surface area contributed by atoms with E-state index in [4.69, 9.17) is 0 Å². The molecule has 0 N–H and O–H groups in total. The number of anilines is 6. The fraction of sp³-hybridized carbons (Fsp3) is 0. The maximum absolute atomic E-state index is 2.40. The van der Waals surface area contributed by atoms with Crippen LogP contribution in [0.2, 0.25) is 0 Å². The highest BCUT2D eigenvalue weighted by molar-refractivity contribution is 6.05. The SMILES string of the molecule is c1ccc(N(c2ccc(-c3ccc(N(c4cccc5ccccc45)c4cccc5ccccc45)cc3)cc2)c2cccc3ccccc23)cc1. The molecule has 0 atom stereocenters. The molecular weight excluding hydrogens is 605 g/mol. The van der Waals surface area contributed by atoms with Crippen LogP contribution in [0.5, 0.6) is 0 Å². The van der Waals surface area contributed by atoms with E-state index in [1.165, 1.54) is 43.4 Å². The monoisotopic (exact) mass is 638 g/mol. The highest BCUT2D eigenvalue weighted by atomic mass is 15.1. The minimum absolute atomic E-state index is 1.12. The zero-order valence-electron chi connectivity index (χ0n) is 27.5. The molecule has 0 aliphatic rings. The molecule has 0 bridgehead atoms. The van der Waals surface area contributed by atoms with E-state index in [-0.39, 0.29) is 0 Å². The van der Waals surface area contributed by atoms with Crippen LogP contribution in [0.25, 0.3) is 43.4 Å². The average molecular weight is 639 g/mol. The Morgan fingerprint density at radius 1 is 0.220 bits per heavy atom. The number of rotatable bonds is 7. The summed E-state index contributed by atoms with van der Waals surface area (Å²) in [4.78, 5) is 4.75. The zero-order chi connectivity index (χ0) is 33.3. The predicted octanol–water partition coefficient (Wildman–Crippen LogP) is 13.8. The van der Waals surface area contributed by atoms with Crippen molar-refractivity contribution >= 4 is 66.4 Å². The second kappa shape index (κ2) is 12.8. The van der Waals surface area contributed by atoms with Crippen LogP contribution in [-0.4, -0.2) is 0 Å². The highest BCUT2D eigenvalue weighted by Gasteiger charge is 2.18. The Balaban J connectivity index is 1.11. The molecule has 0 amide bonds. The molecule has 236 valence electrons. The number of hydrogen-bond acceptors (Lipinski definition) is 2. The lowest BCUT2D eigenvalue weighted by atomic mass is 10.0. The molecule has 2 nitrogen and oxygen atoms in total. The van der Waals surface area contributed by atoms with Crippen molar-refractivity contribution in [2.45, 2.75) is 0 Å². The van der Waals surface area contributed by atoms with Crippen molar-refractivity contribution in [1.29, 1.82) is 0 Å². The fourth-order valence-corrected chi connectivity index (χ4v) is 7.23. The topological polar surface area (TPSA) is 6.48 Å². The summed E-state index contributed by atoms with van der Waals surface area (Å²) in [5.74, 6) is 0. The lowest BCUT2D eigenvalue weighted by Gasteiger charge is -2.28. The molecule has 50 heavy (non-hydrogen) atoms. The van der Waals surface area contributed by atoms with Crippen LogP contribution in [0, 0.1) is 0 Å². The maximum Gasteiger partial charge on any atom is 0.0540 e. The Morgan fingerprint density at radius 3 is 0.980 bits per heavy atom. The van der Waals surface area contributed by atoms with Gasteiger partial charge >= 0.3 is 0 Å². The molecule has 9 rings (SSSR count). The van der Waals surface area contributed by atoms with Crippen LogP contribution in [-0.2, 0) is 0 Å². The van der Waals surface area contributed by atoms with Crippen LogP contribution < -0.4 is 9.80 Å². The summed E-state index contributed by atoms with van der Waals surface area (Å²) in [5.41, 5.74) is 9.18. The molecular formula is C48H34N2. The van der Waals surface area contributed by atoms with Crippen molar-refractivity contribution in [1.82, 2.24) is 0 Å². The first kappa shape index (κ1) is 29.5. The largest absolute Gasteiger partial charge is 0.310 e. The molecule has 0 saturated carbocycles. The molecule has 0 radical (unpaired) electrons. The van der Waals surface area contributed by atoms with Gasteiger partial charge in [0.2, 0.25) is 0 Å². The lowest BCUT2D eigenvalue weighted by molar-refractivity contribution is 1.30. The third-order valence-electron chi connectivity index (χ3n) is 9.62. The van der Waals surface area contributed by atoms with Crippen molar-refractivity contribution in [3.05, 3.63) is 206 Å². The normalized spacial score (nSPS) is 11.2. The number of hydrogen-bond donors (Lipinski definition) is 0.